The number of carbonyl (C=O) groups excluding carboxylic acids is 1. The average Bonchev–Trinajstić information content (AvgIpc) is 2.88. The van der Waals surface area contributed by atoms with Crippen LogP contribution in [0.4, 0.5) is 0 Å². The first kappa shape index (κ1) is 23.1. The molecule has 3 aromatic carbocycles. The van der Waals surface area contributed by atoms with E-state index in [-0.39, 0.29) is 17.2 Å². The van der Waals surface area contributed by atoms with Crippen LogP contribution in [0.5, 0.6) is 5.75 Å². The summed E-state index contributed by atoms with van der Waals surface area (Å²) in [5.41, 5.74) is 2.44. The number of hydrogen-bond acceptors (Lipinski definition) is 6. The Labute approximate surface area is 201 Å². The minimum absolute atomic E-state index is 0.104. The number of amides is 1. The van der Waals surface area contributed by atoms with Crippen LogP contribution in [0.25, 0.3) is 16.6 Å². The molecule has 0 unspecified atom stereocenters. The molecular weight excluding hydrogens is 448 g/mol. The molecule has 7 nitrogen and oxygen atoms in total. The molecular formula is C26H22N4O3S. The lowest BCUT2D eigenvalue weighted by Crippen LogP contribution is -2.28. The molecule has 0 bridgehead atoms. The molecule has 170 valence electrons. The fourth-order valence-corrected chi connectivity index (χ4v) is 4.39. The predicted octanol–water partition coefficient (Wildman–Crippen LogP) is 3.72. The summed E-state index contributed by atoms with van der Waals surface area (Å²) < 4.78 is 6.83. The van der Waals surface area contributed by atoms with Gasteiger partial charge in [-0.3, -0.25) is 14.2 Å². The first-order chi connectivity index (χ1) is 16.6. The quantitative estimate of drug-likeness (QED) is 0.311. The van der Waals surface area contributed by atoms with E-state index in [9.17, 15) is 9.59 Å². The van der Waals surface area contributed by atoms with Crippen molar-refractivity contribution in [1.29, 1.82) is 5.26 Å². The van der Waals surface area contributed by atoms with Crippen molar-refractivity contribution in [3.8, 4) is 17.5 Å². The summed E-state index contributed by atoms with van der Waals surface area (Å²) in [4.78, 5) is 30.4. The van der Waals surface area contributed by atoms with Crippen molar-refractivity contribution in [3.63, 3.8) is 0 Å². The Kier molecular flexibility index (Phi) is 7.25. The van der Waals surface area contributed by atoms with Gasteiger partial charge in [0.15, 0.2) is 5.16 Å². The molecule has 0 radical (unpaired) electrons. The van der Waals surface area contributed by atoms with Gasteiger partial charge >= 0.3 is 0 Å². The number of nitriles is 1. The van der Waals surface area contributed by atoms with E-state index < -0.39 is 0 Å². The molecule has 0 atom stereocenters. The van der Waals surface area contributed by atoms with Crippen LogP contribution in [0.3, 0.4) is 0 Å². The van der Waals surface area contributed by atoms with E-state index in [0.29, 0.717) is 40.3 Å². The third-order valence-electron chi connectivity index (χ3n) is 5.24. The van der Waals surface area contributed by atoms with E-state index in [1.165, 1.54) is 16.3 Å². The van der Waals surface area contributed by atoms with Gasteiger partial charge in [0.25, 0.3) is 5.56 Å². The van der Waals surface area contributed by atoms with Crippen LogP contribution in [-0.2, 0) is 11.2 Å². The van der Waals surface area contributed by atoms with Crippen molar-refractivity contribution in [2.24, 2.45) is 0 Å². The van der Waals surface area contributed by atoms with Crippen molar-refractivity contribution in [3.05, 3.63) is 94.3 Å². The summed E-state index contributed by atoms with van der Waals surface area (Å²) in [5, 5.41) is 12.9. The third-order valence-corrected chi connectivity index (χ3v) is 6.18. The van der Waals surface area contributed by atoms with Crippen molar-refractivity contribution < 1.29 is 9.53 Å². The van der Waals surface area contributed by atoms with Crippen LogP contribution in [0.15, 0.2) is 82.7 Å². The average molecular weight is 471 g/mol. The summed E-state index contributed by atoms with van der Waals surface area (Å²) in [6.07, 6.45) is 0.643. The van der Waals surface area contributed by atoms with Crippen LogP contribution < -0.4 is 15.6 Å². The molecule has 0 aliphatic carbocycles. The number of carbonyl (C=O) groups is 1. The first-order valence-corrected chi connectivity index (χ1v) is 11.6. The Morgan fingerprint density at radius 3 is 2.59 bits per heavy atom. The zero-order valence-electron chi connectivity index (χ0n) is 18.5. The molecule has 0 spiro atoms. The lowest BCUT2D eigenvalue weighted by atomic mass is 10.1. The van der Waals surface area contributed by atoms with Crippen LogP contribution in [-0.4, -0.2) is 34.9 Å². The number of rotatable bonds is 8. The predicted molar refractivity (Wildman–Crippen MR) is 132 cm³/mol. The maximum absolute atomic E-state index is 13.3. The van der Waals surface area contributed by atoms with E-state index in [0.717, 1.165) is 11.3 Å². The molecule has 1 heterocycles. The topological polar surface area (TPSA) is 97.0 Å². The Bertz CT molecular complexity index is 1420. The van der Waals surface area contributed by atoms with Crippen LogP contribution >= 0.6 is 11.8 Å². The summed E-state index contributed by atoms with van der Waals surface area (Å²) in [6, 6.07) is 23.6. The fraction of sp³-hybridized carbons (Fsp3) is 0.154. The number of nitrogens with one attached hydrogen (secondary N) is 1. The van der Waals surface area contributed by atoms with Gasteiger partial charge in [0.1, 0.15) is 5.75 Å². The Morgan fingerprint density at radius 2 is 1.82 bits per heavy atom. The van der Waals surface area contributed by atoms with Crippen LogP contribution in [0.1, 0.15) is 11.1 Å². The fourth-order valence-electron chi connectivity index (χ4n) is 3.55. The molecule has 8 heteroatoms. The van der Waals surface area contributed by atoms with Gasteiger partial charge in [-0.2, -0.15) is 5.26 Å². The smallest absolute Gasteiger partial charge is 0.266 e. The lowest BCUT2D eigenvalue weighted by Gasteiger charge is -2.13. The zero-order chi connectivity index (χ0) is 23.9. The minimum atomic E-state index is -0.227. The van der Waals surface area contributed by atoms with Crippen LogP contribution in [0, 0.1) is 11.3 Å². The molecule has 0 saturated heterocycles. The number of thioether (sulfide) groups is 1. The highest BCUT2D eigenvalue weighted by Crippen LogP contribution is 2.22. The molecule has 1 aromatic heterocycles. The summed E-state index contributed by atoms with van der Waals surface area (Å²) in [5.74, 6) is 0.735. The standard InChI is InChI=1S/C26H22N4O3S/c1-33-23-9-5-2-6-19(23)14-15-28-24(31)17-34-26-29-22-8-4-3-7-21(22)25(32)30(26)20-12-10-18(16-27)11-13-20/h2-13H,14-15,17H2,1H3,(H,28,31). The van der Waals surface area contributed by atoms with E-state index in [4.69, 9.17) is 10.00 Å². The van der Waals surface area contributed by atoms with E-state index >= 15 is 0 Å². The van der Waals surface area contributed by atoms with Gasteiger partial charge in [-0.15, -0.1) is 0 Å². The maximum Gasteiger partial charge on any atom is 0.266 e. The molecule has 4 rings (SSSR count). The third kappa shape index (κ3) is 5.11. The molecule has 1 amide bonds. The zero-order valence-corrected chi connectivity index (χ0v) is 19.3. The van der Waals surface area contributed by atoms with E-state index in [2.05, 4.69) is 16.4 Å². The van der Waals surface area contributed by atoms with Crippen molar-refractivity contribution in [2.45, 2.75) is 11.6 Å². The number of methoxy groups -OCH3 is 1. The largest absolute Gasteiger partial charge is 0.496 e. The number of benzene rings is 3. The van der Waals surface area contributed by atoms with Gasteiger partial charge < -0.3 is 10.1 Å². The molecule has 4 aromatic rings. The molecule has 34 heavy (non-hydrogen) atoms. The van der Waals surface area contributed by atoms with E-state index in [1.807, 2.05) is 30.3 Å². The SMILES string of the molecule is COc1ccccc1CCNC(=O)CSc1nc2ccccc2c(=O)n1-c1ccc(C#N)cc1. The number of ether oxygens (including phenoxy) is 1. The minimum Gasteiger partial charge on any atom is -0.496 e. The lowest BCUT2D eigenvalue weighted by molar-refractivity contribution is -0.118. The summed E-state index contributed by atoms with van der Waals surface area (Å²) >= 11 is 1.19. The number of fused-ring (bicyclic) bond motifs is 1. The number of hydrogen-bond donors (Lipinski definition) is 1. The van der Waals surface area contributed by atoms with E-state index in [1.54, 1.807) is 49.6 Å². The Morgan fingerprint density at radius 1 is 1.09 bits per heavy atom. The van der Waals surface area contributed by atoms with Gasteiger partial charge in [-0.25, -0.2) is 4.98 Å². The second kappa shape index (κ2) is 10.7. The van der Waals surface area contributed by atoms with Crippen LogP contribution in [0.2, 0.25) is 0 Å². The summed E-state index contributed by atoms with van der Waals surface area (Å²) in [7, 11) is 1.62. The van der Waals surface area contributed by atoms with Gasteiger partial charge in [0.2, 0.25) is 5.91 Å². The monoisotopic (exact) mass is 470 g/mol. The molecule has 0 aliphatic rings. The van der Waals surface area contributed by atoms with Crippen molar-refractivity contribution in [2.75, 3.05) is 19.4 Å². The number of nitrogens with zero attached hydrogens (tertiary/aromatic N) is 3. The molecule has 0 saturated carbocycles. The van der Waals surface area contributed by atoms with Crippen molar-refractivity contribution >= 4 is 28.6 Å². The molecule has 1 N–H and O–H groups in total. The molecule has 0 aliphatic heterocycles. The summed E-state index contributed by atoms with van der Waals surface area (Å²) in [6.45, 7) is 0.466. The van der Waals surface area contributed by atoms with Gasteiger partial charge in [0.05, 0.1) is 41.1 Å². The van der Waals surface area contributed by atoms with Gasteiger partial charge in [-0.05, 0) is 54.4 Å². The second-order valence-electron chi connectivity index (χ2n) is 7.41. The molecule has 0 fully saturated rings. The highest BCUT2D eigenvalue weighted by atomic mass is 32.2. The second-order valence-corrected chi connectivity index (χ2v) is 8.35. The first-order valence-electron chi connectivity index (χ1n) is 10.6. The maximum atomic E-state index is 13.3. The van der Waals surface area contributed by atoms with Crippen molar-refractivity contribution in [1.82, 2.24) is 14.9 Å². The number of para-hydroxylation sites is 2. The Balaban J connectivity index is 1.52. The normalized spacial score (nSPS) is 10.6. The van der Waals surface area contributed by atoms with Gasteiger partial charge in [-0.1, -0.05) is 42.1 Å². The Hall–Kier alpha value is -4.09. The highest BCUT2D eigenvalue weighted by Gasteiger charge is 2.15. The number of aromatic nitrogens is 2. The highest BCUT2D eigenvalue weighted by molar-refractivity contribution is 7.99. The van der Waals surface area contributed by atoms with Gasteiger partial charge in [0, 0.05) is 6.54 Å².